The summed E-state index contributed by atoms with van der Waals surface area (Å²) < 4.78 is 0. The van der Waals surface area contributed by atoms with E-state index in [2.05, 4.69) is 4.98 Å². The maximum Gasteiger partial charge on any atom is 0.252 e. The van der Waals surface area contributed by atoms with Crippen molar-refractivity contribution in [1.29, 1.82) is 0 Å². The average molecular weight is 284 g/mol. The molecule has 1 heterocycles. The van der Waals surface area contributed by atoms with Gasteiger partial charge in [-0.3, -0.25) is 4.79 Å². The number of aromatic nitrogens is 1. The van der Waals surface area contributed by atoms with Gasteiger partial charge >= 0.3 is 0 Å². The molecule has 0 atom stereocenters. The molecule has 0 bridgehead atoms. The molecule has 1 aromatic heterocycles. The number of carbonyl (C=O) groups is 1. The van der Waals surface area contributed by atoms with Crippen molar-refractivity contribution in [3.05, 3.63) is 59.3 Å². The molecular weight excluding hydrogens is 264 g/mol. The first kappa shape index (κ1) is 15.0. The minimum Gasteiger partial charge on any atom is -0.365 e. The highest BCUT2D eigenvalue weighted by molar-refractivity contribution is 5.99. The van der Waals surface area contributed by atoms with E-state index >= 15 is 0 Å². The van der Waals surface area contributed by atoms with Gasteiger partial charge in [-0.05, 0) is 24.1 Å². The van der Waals surface area contributed by atoms with Gasteiger partial charge < -0.3 is 16.4 Å². The van der Waals surface area contributed by atoms with Crippen LogP contribution in [-0.4, -0.2) is 24.0 Å². The largest absolute Gasteiger partial charge is 0.365 e. The molecule has 5 heteroatoms. The first-order valence-electron chi connectivity index (χ1n) is 6.88. The summed E-state index contributed by atoms with van der Waals surface area (Å²) in [7, 11) is 0. The molecule has 0 aliphatic carbocycles. The number of anilines is 1. The van der Waals surface area contributed by atoms with Crippen molar-refractivity contribution in [2.45, 2.75) is 13.5 Å². The predicted octanol–water partition coefficient (Wildman–Crippen LogP) is 1.45. The Labute approximate surface area is 124 Å². The van der Waals surface area contributed by atoms with Gasteiger partial charge in [-0.15, -0.1) is 0 Å². The maximum atomic E-state index is 11.7. The molecule has 0 saturated heterocycles. The van der Waals surface area contributed by atoms with Crippen LogP contribution in [0.1, 0.15) is 21.5 Å². The Balaban J connectivity index is 2.39. The van der Waals surface area contributed by atoms with Gasteiger partial charge in [0.25, 0.3) is 5.91 Å². The van der Waals surface area contributed by atoms with E-state index in [1.165, 1.54) is 0 Å². The molecule has 110 valence electrons. The molecule has 1 amide bonds. The van der Waals surface area contributed by atoms with Crippen molar-refractivity contribution in [1.82, 2.24) is 4.98 Å². The van der Waals surface area contributed by atoms with Gasteiger partial charge in [0.1, 0.15) is 5.82 Å². The van der Waals surface area contributed by atoms with Gasteiger partial charge in [-0.2, -0.15) is 0 Å². The summed E-state index contributed by atoms with van der Waals surface area (Å²) in [6, 6.07) is 11.8. The first-order valence-corrected chi connectivity index (χ1v) is 6.88. The van der Waals surface area contributed by atoms with Crippen molar-refractivity contribution in [3.63, 3.8) is 0 Å². The highest BCUT2D eigenvalue weighted by Gasteiger charge is 2.18. The van der Waals surface area contributed by atoms with E-state index in [0.29, 0.717) is 31.0 Å². The lowest BCUT2D eigenvalue weighted by atomic mass is 10.1. The van der Waals surface area contributed by atoms with E-state index < -0.39 is 5.91 Å². The maximum absolute atomic E-state index is 11.7. The second kappa shape index (κ2) is 6.85. The molecule has 1 aromatic carbocycles. The Hall–Kier alpha value is -2.40. The lowest BCUT2D eigenvalue weighted by Gasteiger charge is -2.25. The van der Waals surface area contributed by atoms with Crippen LogP contribution < -0.4 is 16.4 Å². The zero-order valence-corrected chi connectivity index (χ0v) is 12.1. The van der Waals surface area contributed by atoms with E-state index in [0.717, 1.165) is 11.1 Å². The Morgan fingerprint density at radius 2 is 1.95 bits per heavy atom. The number of hydrogen-bond acceptors (Lipinski definition) is 4. The molecule has 4 N–H and O–H groups in total. The van der Waals surface area contributed by atoms with Crippen LogP contribution in [0, 0.1) is 6.92 Å². The Kier molecular flexibility index (Phi) is 4.90. The molecule has 5 nitrogen and oxygen atoms in total. The Morgan fingerprint density at radius 3 is 2.57 bits per heavy atom. The van der Waals surface area contributed by atoms with Crippen LogP contribution in [0.15, 0.2) is 42.6 Å². The van der Waals surface area contributed by atoms with Gasteiger partial charge in [0.05, 0.1) is 5.56 Å². The third-order valence-electron chi connectivity index (χ3n) is 3.30. The highest BCUT2D eigenvalue weighted by Crippen LogP contribution is 2.22. The van der Waals surface area contributed by atoms with E-state index in [1.807, 2.05) is 42.2 Å². The number of nitrogens with two attached hydrogens (primary N) is 2. The SMILES string of the molecule is Cc1ccnc(N(CCN)Cc2ccccc2)c1C(N)=O. The number of amides is 1. The predicted molar refractivity (Wildman–Crippen MR) is 84.0 cm³/mol. The molecule has 0 saturated carbocycles. The summed E-state index contributed by atoms with van der Waals surface area (Å²) >= 11 is 0. The fourth-order valence-electron chi connectivity index (χ4n) is 2.31. The number of primary amides is 1. The van der Waals surface area contributed by atoms with Gasteiger partial charge in [0.2, 0.25) is 0 Å². The molecule has 0 spiro atoms. The first-order chi connectivity index (χ1) is 10.1. The standard InChI is InChI=1S/C16H20N4O/c1-12-7-9-19-16(14(12)15(18)21)20(10-8-17)11-13-5-3-2-4-6-13/h2-7,9H,8,10-11,17H2,1H3,(H2,18,21). The van der Waals surface area contributed by atoms with E-state index in [1.54, 1.807) is 12.3 Å². The zero-order chi connectivity index (χ0) is 15.2. The van der Waals surface area contributed by atoms with E-state index in [-0.39, 0.29) is 0 Å². The smallest absolute Gasteiger partial charge is 0.252 e. The average Bonchev–Trinajstić information content (AvgIpc) is 2.47. The van der Waals surface area contributed by atoms with Gasteiger partial charge in [0, 0.05) is 25.8 Å². The number of aryl methyl sites for hydroxylation is 1. The monoisotopic (exact) mass is 284 g/mol. The lowest BCUT2D eigenvalue weighted by molar-refractivity contribution is 0.1000. The minimum atomic E-state index is -0.467. The van der Waals surface area contributed by atoms with E-state index in [4.69, 9.17) is 11.5 Å². The third kappa shape index (κ3) is 3.58. The van der Waals surface area contributed by atoms with Crippen molar-refractivity contribution >= 4 is 11.7 Å². The summed E-state index contributed by atoms with van der Waals surface area (Å²) in [4.78, 5) is 18.1. The summed E-state index contributed by atoms with van der Waals surface area (Å²) in [5.41, 5.74) is 13.6. The highest BCUT2D eigenvalue weighted by atomic mass is 16.1. The number of rotatable bonds is 6. The molecular formula is C16H20N4O. The van der Waals surface area contributed by atoms with Crippen LogP contribution in [0.2, 0.25) is 0 Å². The second-order valence-corrected chi connectivity index (χ2v) is 4.89. The van der Waals surface area contributed by atoms with Crippen LogP contribution in [0.5, 0.6) is 0 Å². The number of hydrogen-bond donors (Lipinski definition) is 2. The van der Waals surface area contributed by atoms with Crippen molar-refractivity contribution in [2.24, 2.45) is 11.5 Å². The number of pyridine rings is 1. The fraction of sp³-hybridized carbons (Fsp3) is 0.250. The van der Waals surface area contributed by atoms with E-state index in [9.17, 15) is 4.79 Å². The molecule has 2 aromatic rings. The molecule has 0 fully saturated rings. The van der Waals surface area contributed by atoms with Crippen molar-refractivity contribution in [2.75, 3.05) is 18.0 Å². The second-order valence-electron chi connectivity index (χ2n) is 4.89. The van der Waals surface area contributed by atoms with Crippen LogP contribution in [0.25, 0.3) is 0 Å². The summed E-state index contributed by atoms with van der Waals surface area (Å²) in [5, 5.41) is 0. The summed E-state index contributed by atoms with van der Waals surface area (Å²) in [6.07, 6.45) is 1.69. The quantitative estimate of drug-likeness (QED) is 0.841. The van der Waals surface area contributed by atoms with Crippen LogP contribution in [-0.2, 0) is 6.54 Å². The summed E-state index contributed by atoms with van der Waals surface area (Å²) in [6.45, 7) is 3.56. The molecule has 0 aliphatic heterocycles. The lowest BCUT2D eigenvalue weighted by Crippen LogP contribution is -2.32. The van der Waals surface area contributed by atoms with Crippen LogP contribution in [0.3, 0.4) is 0 Å². The molecule has 0 radical (unpaired) electrons. The Bertz CT molecular complexity index is 613. The van der Waals surface area contributed by atoms with Gasteiger partial charge in [-0.25, -0.2) is 4.98 Å². The van der Waals surface area contributed by atoms with Gasteiger partial charge in [-0.1, -0.05) is 30.3 Å². The fourth-order valence-corrected chi connectivity index (χ4v) is 2.31. The molecule has 0 unspecified atom stereocenters. The van der Waals surface area contributed by atoms with Gasteiger partial charge in [0.15, 0.2) is 0 Å². The molecule has 21 heavy (non-hydrogen) atoms. The molecule has 0 aliphatic rings. The third-order valence-corrected chi connectivity index (χ3v) is 3.30. The van der Waals surface area contributed by atoms with Crippen LogP contribution in [0.4, 0.5) is 5.82 Å². The van der Waals surface area contributed by atoms with Crippen molar-refractivity contribution < 1.29 is 4.79 Å². The van der Waals surface area contributed by atoms with Crippen LogP contribution >= 0.6 is 0 Å². The topological polar surface area (TPSA) is 85.2 Å². The zero-order valence-electron chi connectivity index (χ0n) is 12.1. The number of nitrogens with zero attached hydrogens (tertiary/aromatic N) is 2. The normalized spacial score (nSPS) is 10.4. The Morgan fingerprint density at radius 1 is 1.24 bits per heavy atom. The number of benzene rings is 1. The van der Waals surface area contributed by atoms with Crippen molar-refractivity contribution in [3.8, 4) is 0 Å². The summed E-state index contributed by atoms with van der Waals surface area (Å²) in [5.74, 6) is 0.127. The number of carbonyl (C=O) groups excluding carboxylic acids is 1. The minimum absolute atomic E-state index is 0.460. The molecule has 2 rings (SSSR count).